The summed E-state index contributed by atoms with van der Waals surface area (Å²) in [4.78, 5) is 22.6. The van der Waals surface area contributed by atoms with E-state index in [0.717, 1.165) is 19.3 Å². The van der Waals surface area contributed by atoms with E-state index in [1.165, 1.54) is 0 Å². The third-order valence-corrected chi connectivity index (χ3v) is 3.65. The van der Waals surface area contributed by atoms with Crippen molar-refractivity contribution in [3.8, 4) is 0 Å². The topological polar surface area (TPSA) is 84.9 Å². The summed E-state index contributed by atoms with van der Waals surface area (Å²) in [6.45, 7) is 0. The monoisotopic (exact) mass is 257 g/mol. The Morgan fingerprint density at radius 2 is 1.94 bits per heavy atom. The van der Waals surface area contributed by atoms with E-state index in [-0.39, 0.29) is 18.1 Å². The summed E-state index contributed by atoms with van der Waals surface area (Å²) in [5.74, 6) is -1.19. The lowest BCUT2D eigenvalue weighted by atomic mass is 10.1. The maximum Gasteiger partial charge on any atom is 0.332 e. The molecule has 2 fully saturated rings. The van der Waals surface area contributed by atoms with Gasteiger partial charge in [-0.3, -0.25) is 4.79 Å². The van der Waals surface area contributed by atoms with Crippen LogP contribution in [0.15, 0.2) is 0 Å². The van der Waals surface area contributed by atoms with Crippen molar-refractivity contribution in [2.45, 2.75) is 56.5 Å². The Balaban J connectivity index is 1.77. The Labute approximate surface area is 106 Å². The quantitative estimate of drug-likeness (QED) is 0.756. The third-order valence-electron chi connectivity index (χ3n) is 3.65. The average molecular weight is 257 g/mol. The molecule has 0 aromatic rings. The molecule has 4 unspecified atom stereocenters. The second-order valence-electron chi connectivity index (χ2n) is 4.91. The third kappa shape index (κ3) is 3.00. The van der Waals surface area contributed by atoms with Gasteiger partial charge in [0.05, 0.1) is 6.10 Å². The molecule has 0 spiro atoms. The molecule has 2 aliphatic rings. The standard InChI is InChI=1S/C12H19NO5/c1-17-8-3-2-7(6-8)13-11(14)9-4-5-10(18-9)12(15)16/h7-10H,2-6H2,1H3,(H,13,14)(H,15,16). The minimum absolute atomic E-state index is 0.120. The zero-order chi connectivity index (χ0) is 13.1. The molecule has 2 rings (SSSR count). The largest absolute Gasteiger partial charge is 0.479 e. The number of carbonyl (C=O) groups excluding carboxylic acids is 1. The number of hydrogen-bond acceptors (Lipinski definition) is 4. The van der Waals surface area contributed by atoms with Crippen LogP contribution in [-0.2, 0) is 19.1 Å². The summed E-state index contributed by atoms with van der Waals surface area (Å²) >= 11 is 0. The van der Waals surface area contributed by atoms with E-state index in [0.29, 0.717) is 12.8 Å². The van der Waals surface area contributed by atoms with Gasteiger partial charge in [0.1, 0.15) is 6.10 Å². The van der Waals surface area contributed by atoms with Crippen LogP contribution in [0.1, 0.15) is 32.1 Å². The van der Waals surface area contributed by atoms with Crippen LogP contribution in [0.3, 0.4) is 0 Å². The van der Waals surface area contributed by atoms with Crippen molar-refractivity contribution in [2.75, 3.05) is 7.11 Å². The van der Waals surface area contributed by atoms with Gasteiger partial charge in [-0.05, 0) is 32.1 Å². The van der Waals surface area contributed by atoms with E-state index >= 15 is 0 Å². The Morgan fingerprint density at radius 3 is 2.50 bits per heavy atom. The van der Waals surface area contributed by atoms with Gasteiger partial charge in [0.25, 0.3) is 0 Å². The van der Waals surface area contributed by atoms with Crippen molar-refractivity contribution in [1.29, 1.82) is 0 Å². The van der Waals surface area contributed by atoms with Gasteiger partial charge in [-0.2, -0.15) is 0 Å². The minimum atomic E-state index is -0.995. The zero-order valence-corrected chi connectivity index (χ0v) is 10.4. The fourth-order valence-electron chi connectivity index (χ4n) is 2.59. The highest BCUT2D eigenvalue weighted by Crippen LogP contribution is 2.24. The number of hydrogen-bond donors (Lipinski definition) is 2. The number of carboxylic acids is 1. The molecule has 102 valence electrons. The average Bonchev–Trinajstić information content (AvgIpc) is 2.97. The van der Waals surface area contributed by atoms with Crippen LogP contribution >= 0.6 is 0 Å². The van der Waals surface area contributed by atoms with E-state index in [1.54, 1.807) is 7.11 Å². The van der Waals surface area contributed by atoms with Crippen molar-refractivity contribution < 1.29 is 24.2 Å². The molecule has 1 amide bonds. The molecule has 6 heteroatoms. The van der Waals surface area contributed by atoms with Crippen LogP contribution in [0.5, 0.6) is 0 Å². The molecule has 4 atom stereocenters. The number of nitrogens with one attached hydrogen (secondary N) is 1. The zero-order valence-electron chi connectivity index (χ0n) is 10.4. The summed E-state index contributed by atoms with van der Waals surface area (Å²) in [5, 5.41) is 11.7. The smallest absolute Gasteiger partial charge is 0.332 e. The highest BCUT2D eigenvalue weighted by Gasteiger charge is 2.36. The van der Waals surface area contributed by atoms with Crippen molar-refractivity contribution in [3.05, 3.63) is 0 Å². The number of carboxylic acid groups (broad SMARTS) is 1. The van der Waals surface area contributed by atoms with Gasteiger partial charge in [-0.15, -0.1) is 0 Å². The summed E-state index contributed by atoms with van der Waals surface area (Å²) in [7, 11) is 1.67. The maximum atomic E-state index is 11.9. The highest BCUT2D eigenvalue weighted by atomic mass is 16.5. The highest BCUT2D eigenvalue weighted by molar-refractivity contribution is 5.82. The predicted octanol–water partition coefficient (Wildman–Crippen LogP) is 0.302. The van der Waals surface area contributed by atoms with Crippen LogP contribution in [0.4, 0.5) is 0 Å². The van der Waals surface area contributed by atoms with Gasteiger partial charge in [0.2, 0.25) is 5.91 Å². The number of rotatable bonds is 4. The molecule has 2 N–H and O–H groups in total. The summed E-state index contributed by atoms with van der Waals surface area (Å²) < 4.78 is 10.4. The molecule has 1 aliphatic heterocycles. The van der Waals surface area contributed by atoms with Crippen molar-refractivity contribution in [1.82, 2.24) is 5.32 Å². The molecular formula is C12H19NO5. The minimum Gasteiger partial charge on any atom is -0.479 e. The fourth-order valence-corrected chi connectivity index (χ4v) is 2.59. The maximum absolute atomic E-state index is 11.9. The second kappa shape index (κ2) is 5.67. The lowest BCUT2D eigenvalue weighted by Gasteiger charge is -2.16. The van der Waals surface area contributed by atoms with Gasteiger partial charge >= 0.3 is 5.97 Å². The number of methoxy groups -OCH3 is 1. The summed E-state index contributed by atoms with van der Waals surface area (Å²) in [6.07, 6.45) is 2.30. The first-order valence-corrected chi connectivity index (χ1v) is 6.31. The SMILES string of the molecule is COC1CCC(NC(=O)C2CCC(C(=O)O)O2)C1. The Hall–Kier alpha value is -1.14. The first-order valence-electron chi connectivity index (χ1n) is 6.31. The van der Waals surface area contributed by atoms with E-state index in [2.05, 4.69) is 5.32 Å². The van der Waals surface area contributed by atoms with E-state index in [9.17, 15) is 9.59 Å². The Morgan fingerprint density at radius 1 is 1.22 bits per heavy atom. The van der Waals surface area contributed by atoms with E-state index in [4.69, 9.17) is 14.6 Å². The molecule has 0 radical (unpaired) electrons. The number of amides is 1. The van der Waals surface area contributed by atoms with E-state index in [1.807, 2.05) is 0 Å². The molecule has 1 heterocycles. The molecule has 1 saturated carbocycles. The van der Waals surface area contributed by atoms with Crippen molar-refractivity contribution in [2.24, 2.45) is 0 Å². The molecule has 6 nitrogen and oxygen atoms in total. The Kier molecular flexibility index (Phi) is 4.19. The number of aliphatic carboxylic acids is 1. The van der Waals surface area contributed by atoms with Crippen LogP contribution in [0.25, 0.3) is 0 Å². The van der Waals surface area contributed by atoms with Crippen molar-refractivity contribution >= 4 is 11.9 Å². The lowest BCUT2D eigenvalue weighted by Crippen LogP contribution is -2.41. The van der Waals surface area contributed by atoms with Crippen LogP contribution in [0.2, 0.25) is 0 Å². The summed E-state index contributed by atoms with van der Waals surface area (Å²) in [6, 6.07) is 0.120. The van der Waals surface area contributed by atoms with Crippen LogP contribution in [0, 0.1) is 0 Å². The van der Waals surface area contributed by atoms with Gasteiger partial charge in [0, 0.05) is 13.2 Å². The Bertz CT molecular complexity index is 332. The molecule has 1 aliphatic carbocycles. The fraction of sp³-hybridized carbons (Fsp3) is 0.833. The molecule has 0 aromatic carbocycles. The summed E-state index contributed by atoms with van der Waals surface area (Å²) in [5.41, 5.74) is 0. The van der Waals surface area contributed by atoms with Gasteiger partial charge < -0.3 is 19.9 Å². The normalized spacial score (nSPS) is 35.6. The molecule has 0 bridgehead atoms. The van der Waals surface area contributed by atoms with Gasteiger partial charge in [-0.25, -0.2) is 4.79 Å². The first kappa shape index (κ1) is 13.3. The first-order chi connectivity index (χ1) is 8.60. The second-order valence-corrected chi connectivity index (χ2v) is 4.91. The molecule has 0 aromatic heterocycles. The molecular weight excluding hydrogens is 238 g/mol. The number of ether oxygens (including phenoxy) is 2. The molecule has 1 saturated heterocycles. The van der Waals surface area contributed by atoms with E-state index < -0.39 is 18.2 Å². The van der Waals surface area contributed by atoms with Crippen LogP contribution < -0.4 is 5.32 Å². The van der Waals surface area contributed by atoms with Gasteiger partial charge in [0.15, 0.2) is 6.10 Å². The van der Waals surface area contributed by atoms with Gasteiger partial charge in [-0.1, -0.05) is 0 Å². The number of carbonyl (C=O) groups is 2. The van der Waals surface area contributed by atoms with Crippen molar-refractivity contribution in [3.63, 3.8) is 0 Å². The lowest BCUT2D eigenvalue weighted by molar-refractivity contribution is -0.151. The predicted molar refractivity (Wildman–Crippen MR) is 62.1 cm³/mol. The molecule has 18 heavy (non-hydrogen) atoms. The van der Waals surface area contributed by atoms with Crippen LogP contribution in [-0.4, -0.2) is 48.4 Å².